The molecule has 4 nitrogen and oxygen atoms in total. The van der Waals surface area contributed by atoms with Gasteiger partial charge in [0, 0.05) is 11.8 Å². The molecule has 2 saturated carbocycles. The van der Waals surface area contributed by atoms with Crippen LogP contribution in [0.4, 0.5) is 11.4 Å². The van der Waals surface area contributed by atoms with Crippen molar-refractivity contribution < 1.29 is 9.59 Å². The first-order valence-electron chi connectivity index (χ1n) is 12.7. The zero-order valence-electron chi connectivity index (χ0n) is 21.1. The molecular weight excluding hydrogens is 396 g/mol. The van der Waals surface area contributed by atoms with Gasteiger partial charge < -0.3 is 10.6 Å². The van der Waals surface area contributed by atoms with Crippen LogP contribution < -0.4 is 10.6 Å². The van der Waals surface area contributed by atoms with Crippen molar-refractivity contribution in [1.82, 2.24) is 0 Å². The minimum absolute atomic E-state index is 0.0602. The summed E-state index contributed by atoms with van der Waals surface area (Å²) in [5, 5.41) is 6.23. The highest BCUT2D eigenvalue weighted by molar-refractivity contribution is 6.00. The number of nitrogens with one attached hydrogen (secondary N) is 2. The van der Waals surface area contributed by atoms with Crippen molar-refractivity contribution in [3.8, 4) is 0 Å². The Labute approximate surface area is 195 Å². The predicted molar refractivity (Wildman–Crippen MR) is 134 cm³/mol. The van der Waals surface area contributed by atoms with E-state index in [1.54, 1.807) is 0 Å². The molecule has 0 atom stereocenters. The molecule has 2 N–H and O–H groups in total. The fourth-order valence-electron chi connectivity index (χ4n) is 5.61. The molecule has 0 radical (unpaired) electrons. The van der Waals surface area contributed by atoms with Crippen LogP contribution in [0.1, 0.15) is 92.9 Å². The minimum Gasteiger partial charge on any atom is -0.324 e. The van der Waals surface area contributed by atoms with Gasteiger partial charge in [-0.1, -0.05) is 53.7 Å². The van der Waals surface area contributed by atoms with Crippen LogP contribution in [0.3, 0.4) is 0 Å². The van der Waals surface area contributed by atoms with Crippen LogP contribution in [0.5, 0.6) is 0 Å². The van der Waals surface area contributed by atoms with Crippen LogP contribution in [0.25, 0.3) is 0 Å². The first-order valence-corrected chi connectivity index (χ1v) is 12.7. The number of amides is 2. The number of hydrogen-bond donors (Lipinski definition) is 2. The zero-order valence-corrected chi connectivity index (χ0v) is 21.1. The summed E-state index contributed by atoms with van der Waals surface area (Å²) in [7, 11) is 0. The van der Waals surface area contributed by atoms with Gasteiger partial charge in [-0.2, -0.15) is 0 Å². The maximum atomic E-state index is 13.0. The van der Waals surface area contributed by atoms with Gasteiger partial charge in [0.1, 0.15) is 0 Å². The lowest BCUT2D eigenvalue weighted by molar-refractivity contribution is -0.122. The standard InChI is InChI=1S/C28H44N2O2/c1-27(2,3)21-15-11-19(12-16-21)25(31)29-23-9-7-8-10-24(23)30-26(32)20-13-17-22(18-14-20)28(4,5)6/h7-10,19-22H,11-18H2,1-6H3,(H,29,31)(H,30,32). The van der Waals surface area contributed by atoms with Crippen molar-refractivity contribution in [3.05, 3.63) is 24.3 Å². The lowest BCUT2D eigenvalue weighted by Crippen LogP contribution is -2.32. The second-order valence-electron chi connectivity index (χ2n) is 12.4. The fourth-order valence-corrected chi connectivity index (χ4v) is 5.61. The quantitative estimate of drug-likeness (QED) is 0.517. The Morgan fingerprint density at radius 3 is 1.22 bits per heavy atom. The normalized spacial score (nSPS) is 26.9. The average Bonchev–Trinajstić information content (AvgIpc) is 2.74. The van der Waals surface area contributed by atoms with Crippen LogP contribution in [0.2, 0.25) is 0 Å². The van der Waals surface area contributed by atoms with E-state index in [1.807, 2.05) is 24.3 Å². The molecular formula is C28H44N2O2. The van der Waals surface area contributed by atoms with Crippen LogP contribution in [-0.4, -0.2) is 11.8 Å². The van der Waals surface area contributed by atoms with Crippen molar-refractivity contribution in [1.29, 1.82) is 0 Å². The van der Waals surface area contributed by atoms with E-state index in [0.29, 0.717) is 34.0 Å². The van der Waals surface area contributed by atoms with Crippen molar-refractivity contribution in [3.63, 3.8) is 0 Å². The highest BCUT2D eigenvalue weighted by atomic mass is 16.2. The van der Waals surface area contributed by atoms with Crippen molar-refractivity contribution >= 4 is 23.2 Å². The lowest BCUT2D eigenvalue weighted by atomic mass is 9.69. The number of carbonyl (C=O) groups excluding carboxylic acids is 2. The lowest BCUT2D eigenvalue weighted by Gasteiger charge is -2.36. The Morgan fingerprint density at radius 1 is 0.625 bits per heavy atom. The summed E-state index contributed by atoms with van der Waals surface area (Å²) >= 11 is 0. The summed E-state index contributed by atoms with van der Waals surface area (Å²) in [5.41, 5.74) is 2.05. The largest absolute Gasteiger partial charge is 0.324 e. The molecule has 0 bridgehead atoms. The number of carbonyl (C=O) groups is 2. The highest BCUT2D eigenvalue weighted by Crippen LogP contribution is 2.41. The number of rotatable bonds is 4. The minimum atomic E-state index is 0.0602. The first kappa shape index (κ1) is 24.8. The topological polar surface area (TPSA) is 58.2 Å². The van der Waals surface area contributed by atoms with Crippen molar-refractivity contribution in [2.45, 2.75) is 92.9 Å². The third-order valence-corrected chi connectivity index (χ3v) is 8.09. The van der Waals surface area contributed by atoms with Gasteiger partial charge in [0.25, 0.3) is 0 Å². The van der Waals surface area contributed by atoms with E-state index in [0.717, 1.165) is 51.4 Å². The third-order valence-electron chi connectivity index (χ3n) is 8.09. The molecule has 0 spiro atoms. The van der Waals surface area contributed by atoms with E-state index in [9.17, 15) is 9.59 Å². The van der Waals surface area contributed by atoms with Gasteiger partial charge in [-0.3, -0.25) is 9.59 Å². The summed E-state index contributed by atoms with van der Waals surface area (Å²) in [4.78, 5) is 25.9. The SMILES string of the molecule is CC(C)(C)C1CCC(C(=O)Nc2ccccc2NC(=O)C2CCC(C(C)(C)C)CC2)CC1. The molecule has 3 rings (SSSR count). The Morgan fingerprint density at radius 2 is 0.938 bits per heavy atom. The number of anilines is 2. The van der Waals surface area contributed by atoms with E-state index in [-0.39, 0.29) is 23.7 Å². The number of hydrogen-bond acceptors (Lipinski definition) is 2. The molecule has 32 heavy (non-hydrogen) atoms. The molecule has 0 saturated heterocycles. The summed E-state index contributed by atoms with van der Waals surface area (Å²) in [6.45, 7) is 13.8. The van der Waals surface area contributed by atoms with Crippen molar-refractivity contribution in [2.24, 2.45) is 34.5 Å². The Balaban J connectivity index is 1.56. The molecule has 178 valence electrons. The van der Waals surface area contributed by atoms with Crippen LogP contribution in [0.15, 0.2) is 24.3 Å². The van der Waals surface area contributed by atoms with Gasteiger partial charge in [0.05, 0.1) is 11.4 Å². The Bertz CT molecular complexity index is 719. The van der Waals surface area contributed by atoms with Gasteiger partial charge in [-0.15, -0.1) is 0 Å². The molecule has 0 aliphatic heterocycles. The van der Waals surface area contributed by atoms with Gasteiger partial charge in [0.15, 0.2) is 0 Å². The molecule has 1 aromatic carbocycles. The van der Waals surface area contributed by atoms with E-state index in [4.69, 9.17) is 0 Å². The molecule has 1 aromatic rings. The van der Waals surface area contributed by atoms with Gasteiger partial charge >= 0.3 is 0 Å². The van der Waals surface area contributed by atoms with Crippen LogP contribution in [-0.2, 0) is 9.59 Å². The smallest absolute Gasteiger partial charge is 0.227 e. The molecule has 2 aliphatic rings. The van der Waals surface area contributed by atoms with E-state index in [2.05, 4.69) is 52.2 Å². The van der Waals surface area contributed by atoms with Crippen molar-refractivity contribution in [2.75, 3.05) is 10.6 Å². The van der Waals surface area contributed by atoms with Gasteiger partial charge in [0.2, 0.25) is 11.8 Å². The molecule has 0 aromatic heterocycles. The zero-order chi connectivity index (χ0) is 23.5. The van der Waals surface area contributed by atoms with Crippen LogP contribution >= 0.6 is 0 Å². The van der Waals surface area contributed by atoms with Gasteiger partial charge in [-0.25, -0.2) is 0 Å². The summed E-state index contributed by atoms with van der Waals surface area (Å²) in [6.07, 6.45) is 8.21. The van der Waals surface area contributed by atoms with Crippen LogP contribution in [0, 0.1) is 34.5 Å². The maximum Gasteiger partial charge on any atom is 0.227 e. The van der Waals surface area contributed by atoms with E-state index < -0.39 is 0 Å². The van der Waals surface area contributed by atoms with E-state index >= 15 is 0 Å². The third kappa shape index (κ3) is 6.36. The second-order valence-corrected chi connectivity index (χ2v) is 12.4. The summed E-state index contributed by atoms with van der Waals surface area (Å²) < 4.78 is 0. The van der Waals surface area contributed by atoms with E-state index in [1.165, 1.54) is 0 Å². The molecule has 0 heterocycles. The molecule has 2 fully saturated rings. The maximum absolute atomic E-state index is 13.0. The highest BCUT2D eigenvalue weighted by Gasteiger charge is 2.34. The summed E-state index contributed by atoms with van der Waals surface area (Å²) in [5.74, 6) is 1.67. The second kappa shape index (κ2) is 9.97. The first-order chi connectivity index (χ1) is 14.9. The Kier molecular flexibility index (Phi) is 7.73. The fraction of sp³-hybridized carbons (Fsp3) is 0.714. The molecule has 2 amide bonds. The number of benzene rings is 1. The average molecular weight is 441 g/mol. The summed E-state index contributed by atoms with van der Waals surface area (Å²) in [6, 6.07) is 7.61. The predicted octanol–water partition coefficient (Wildman–Crippen LogP) is 7.27. The molecule has 0 unspecified atom stereocenters. The number of para-hydroxylation sites is 2. The molecule has 2 aliphatic carbocycles. The Hall–Kier alpha value is -1.84. The molecule has 4 heteroatoms. The van der Waals surface area contributed by atoms with Gasteiger partial charge in [-0.05, 0) is 86.2 Å². The monoisotopic (exact) mass is 440 g/mol.